The minimum Gasteiger partial charge on any atom is -0.492 e. The minimum absolute atomic E-state index is 0.269. The molecule has 2 aromatic heterocycles. The molecule has 5 nitrogen and oxygen atoms in total. The molecule has 0 aliphatic rings. The van der Waals surface area contributed by atoms with Crippen molar-refractivity contribution in [2.45, 2.75) is 33.6 Å². The van der Waals surface area contributed by atoms with E-state index in [0.717, 1.165) is 35.2 Å². The van der Waals surface area contributed by atoms with E-state index in [9.17, 15) is 0 Å². The molecule has 0 aliphatic carbocycles. The SMILES string of the molecule is CCNc1cc(-c2cncc(OCC)c2)nc(C(C)C)n1. The Hall–Kier alpha value is -2.17. The van der Waals surface area contributed by atoms with Crippen molar-refractivity contribution >= 4 is 5.82 Å². The van der Waals surface area contributed by atoms with Gasteiger partial charge in [-0.05, 0) is 19.9 Å². The maximum Gasteiger partial charge on any atom is 0.138 e. The molecular weight excluding hydrogens is 264 g/mol. The van der Waals surface area contributed by atoms with E-state index in [1.54, 1.807) is 12.4 Å². The van der Waals surface area contributed by atoms with Gasteiger partial charge in [-0.1, -0.05) is 13.8 Å². The van der Waals surface area contributed by atoms with Crippen molar-refractivity contribution in [3.05, 3.63) is 30.4 Å². The lowest BCUT2D eigenvalue weighted by Crippen LogP contribution is -2.06. The van der Waals surface area contributed by atoms with Crippen molar-refractivity contribution in [1.82, 2.24) is 15.0 Å². The van der Waals surface area contributed by atoms with E-state index in [-0.39, 0.29) is 5.92 Å². The lowest BCUT2D eigenvalue weighted by atomic mass is 10.1. The minimum atomic E-state index is 0.269. The third-order valence-corrected chi connectivity index (χ3v) is 2.94. The Kier molecular flexibility index (Phi) is 5.09. The molecule has 0 aliphatic heterocycles. The standard InChI is InChI=1S/C16H22N4O/c1-5-18-15-8-14(19-16(20-15)11(3)4)12-7-13(21-6-2)10-17-9-12/h7-11H,5-6H2,1-4H3,(H,18,19,20). The monoisotopic (exact) mass is 286 g/mol. The highest BCUT2D eigenvalue weighted by molar-refractivity contribution is 5.63. The molecule has 5 heteroatoms. The Labute approximate surface area is 125 Å². The van der Waals surface area contributed by atoms with Crippen molar-refractivity contribution in [3.8, 4) is 17.0 Å². The summed E-state index contributed by atoms with van der Waals surface area (Å²) >= 11 is 0. The fraction of sp³-hybridized carbons (Fsp3) is 0.438. The summed E-state index contributed by atoms with van der Waals surface area (Å²) in [5.41, 5.74) is 1.79. The van der Waals surface area contributed by atoms with Crippen LogP contribution in [0.2, 0.25) is 0 Å². The zero-order valence-electron chi connectivity index (χ0n) is 13.1. The van der Waals surface area contributed by atoms with E-state index in [4.69, 9.17) is 4.74 Å². The van der Waals surface area contributed by atoms with E-state index in [1.807, 2.05) is 26.0 Å². The van der Waals surface area contributed by atoms with Crippen molar-refractivity contribution in [3.63, 3.8) is 0 Å². The molecule has 2 rings (SSSR count). The number of hydrogen-bond donors (Lipinski definition) is 1. The molecule has 21 heavy (non-hydrogen) atoms. The molecule has 0 amide bonds. The van der Waals surface area contributed by atoms with E-state index in [2.05, 4.69) is 34.1 Å². The second-order valence-corrected chi connectivity index (χ2v) is 5.02. The smallest absolute Gasteiger partial charge is 0.138 e. The second kappa shape index (κ2) is 7.02. The topological polar surface area (TPSA) is 59.9 Å². The zero-order chi connectivity index (χ0) is 15.2. The summed E-state index contributed by atoms with van der Waals surface area (Å²) in [5.74, 6) is 2.69. The van der Waals surface area contributed by atoms with Crippen LogP contribution in [0, 0.1) is 0 Å². The summed E-state index contributed by atoms with van der Waals surface area (Å²) in [7, 11) is 0. The Morgan fingerprint density at radius 1 is 1.14 bits per heavy atom. The molecule has 0 saturated heterocycles. The van der Waals surface area contributed by atoms with Gasteiger partial charge in [-0.3, -0.25) is 4.98 Å². The Bertz CT molecular complexity index is 599. The van der Waals surface area contributed by atoms with E-state index < -0.39 is 0 Å². The average molecular weight is 286 g/mol. The highest BCUT2D eigenvalue weighted by Gasteiger charge is 2.10. The maximum atomic E-state index is 5.50. The maximum absolute atomic E-state index is 5.50. The number of anilines is 1. The van der Waals surface area contributed by atoms with E-state index in [0.29, 0.717) is 6.61 Å². The van der Waals surface area contributed by atoms with Crippen LogP contribution >= 0.6 is 0 Å². The van der Waals surface area contributed by atoms with Gasteiger partial charge >= 0.3 is 0 Å². The lowest BCUT2D eigenvalue weighted by molar-refractivity contribution is 0.339. The average Bonchev–Trinajstić information content (AvgIpc) is 2.48. The summed E-state index contributed by atoms with van der Waals surface area (Å²) in [6.45, 7) is 9.62. The zero-order valence-corrected chi connectivity index (χ0v) is 13.1. The number of aromatic nitrogens is 3. The van der Waals surface area contributed by atoms with Gasteiger partial charge in [0.05, 0.1) is 18.5 Å². The summed E-state index contributed by atoms with van der Waals surface area (Å²) in [5, 5.41) is 3.25. The molecule has 2 aromatic rings. The van der Waals surface area contributed by atoms with Gasteiger partial charge in [0.25, 0.3) is 0 Å². The molecule has 0 bridgehead atoms. The predicted octanol–water partition coefficient (Wildman–Crippen LogP) is 3.49. The van der Waals surface area contributed by atoms with Crippen LogP contribution in [0.3, 0.4) is 0 Å². The van der Waals surface area contributed by atoms with Crippen molar-refractivity contribution in [2.24, 2.45) is 0 Å². The van der Waals surface area contributed by atoms with Gasteiger partial charge in [-0.25, -0.2) is 9.97 Å². The quantitative estimate of drug-likeness (QED) is 0.880. The number of rotatable bonds is 6. The first-order valence-corrected chi connectivity index (χ1v) is 7.35. The molecule has 0 aromatic carbocycles. The van der Waals surface area contributed by atoms with Gasteiger partial charge in [0, 0.05) is 30.3 Å². The first-order chi connectivity index (χ1) is 10.1. The van der Waals surface area contributed by atoms with Gasteiger partial charge in [0.15, 0.2) is 0 Å². The van der Waals surface area contributed by atoms with Crippen molar-refractivity contribution < 1.29 is 4.74 Å². The highest BCUT2D eigenvalue weighted by atomic mass is 16.5. The van der Waals surface area contributed by atoms with E-state index in [1.165, 1.54) is 0 Å². The largest absolute Gasteiger partial charge is 0.492 e. The molecule has 0 saturated carbocycles. The number of ether oxygens (including phenoxy) is 1. The number of nitrogens with zero attached hydrogens (tertiary/aromatic N) is 3. The van der Waals surface area contributed by atoms with Crippen LogP contribution in [0.1, 0.15) is 39.4 Å². The van der Waals surface area contributed by atoms with Crippen LogP contribution in [-0.4, -0.2) is 28.1 Å². The molecule has 0 atom stereocenters. The first-order valence-electron chi connectivity index (χ1n) is 7.35. The van der Waals surface area contributed by atoms with Crippen LogP contribution in [0.4, 0.5) is 5.82 Å². The van der Waals surface area contributed by atoms with Crippen LogP contribution in [0.15, 0.2) is 24.5 Å². The predicted molar refractivity (Wildman–Crippen MR) is 84.7 cm³/mol. The van der Waals surface area contributed by atoms with Crippen molar-refractivity contribution in [2.75, 3.05) is 18.5 Å². The number of pyridine rings is 1. The van der Waals surface area contributed by atoms with Gasteiger partial charge in [-0.15, -0.1) is 0 Å². The van der Waals surface area contributed by atoms with E-state index >= 15 is 0 Å². The van der Waals surface area contributed by atoms with Crippen LogP contribution in [-0.2, 0) is 0 Å². The molecule has 0 unspecified atom stereocenters. The van der Waals surface area contributed by atoms with Crippen LogP contribution in [0.5, 0.6) is 5.75 Å². The van der Waals surface area contributed by atoms with Gasteiger partial charge in [-0.2, -0.15) is 0 Å². The summed E-state index contributed by atoms with van der Waals surface area (Å²) in [6, 6.07) is 3.90. The number of hydrogen-bond acceptors (Lipinski definition) is 5. The van der Waals surface area contributed by atoms with Crippen molar-refractivity contribution in [1.29, 1.82) is 0 Å². The van der Waals surface area contributed by atoms with Gasteiger partial charge in [0.1, 0.15) is 17.4 Å². The normalized spacial score (nSPS) is 10.7. The highest BCUT2D eigenvalue weighted by Crippen LogP contribution is 2.24. The molecule has 1 N–H and O–H groups in total. The van der Waals surface area contributed by atoms with Gasteiger partial charge in [0.2, 0.25) is 0 Å². The Morgan fingerprint density at radius 3 is 2.62 bits per heavy atom. The fourth-order valence-electron chi connectivity index (χ4n) is 1.95. The van der Waals surface area contributed by atoms with Gasteiger partial charge < -0.3 is 10.1 Å². The third-order valence-electron chi connectivity index (χ3n) is 2.94. The summed E-state index contributed by atoms with van der Waals surface area (Å²) in [6.07, 6.45) is 3.51. The summed E-state index contributed by atoms with van der Waals surface area (Å²) in [4.78, 5) is 13.4. The third kappa shape index (κ3) is 3.90. The number of nitrogens with one attached hydrogen (secondary N) is 1. The first kappa shape index (κ1) is 15.2. The lowest BCUT2D eigenvalue weighted by Gasteiger charge is -2.11. The molecule has 112 valence electrons. The Morgan fingerprint density at radius 2 is 1.95 bits per heavy atom. The molecule has 0 radical (unpaired) electrons. The fourth-order valence-corrected chi connectivity index (χ4v) is 1.95. The summed E-state index contributed by atoms with van der Waals surface area (Å²) < 4.78 is 5.50. The molecule has 0 fully saturated rings. The second-order valence-electron chi connectivity index (χ2n) is 5.02. The van der Waals surface area contributed by atoms with Crippen LogP contribution < -0.4 is 10.1 Å². The Balaban J connectivity index is 2.44. The molecular formula is C16H22N4O. The molecule has 2 heterocycles. The van der Waals surface area contributed by atoms with Crippen LogP contribution in [0.25, 0.3) is 11.3 Å². The molecule has 0 spiro atoms.